The molecule has 1 aliphatic rings. The fourth-order valence-electron chi connectivity index (χ4n) is 3.34. The number of ether oxygens (including phenoxy) is 2. The van der Waals surface area contributed by atoms with Crippen LogP contribution in [0.25, 0.3) is 0 Å². The standard InChI is InChI=1S/C21H27BrCl2O3/c1-3-4-5-6-7-16-10-20(22)21(24)19(16)13-27-18-9-15(8-17(23)11-18)12-26-14(2)25/h5-6,8-9,11,16,19-21H,3-4,7,10,12-13H2,1-2H3/b6-5-/t16-,19+,20?,21?/m0/s1. The molecule has 27 heavy (non-hydrogen) atoms. The number of hydrogen-bond acceptors (Lipinski definition) is 3. The van der Waals surface area contributed by atoms with Crippen LogP contribution in [0.1, 0.15) is 45.1 Å². The second-order valence-corrected chi connectivity index (χ2v) is 9.12. The van der Waals surface area contributed by atoms with E-state index >= 15 is 0 Å². The number of allylic oxidation sites excluding steroid dienone is 2. The molecule has 150 valence electrons. The summed E-state index contributed by atoms with van der Waals surface area (Å²) in [6.07, 6.45) is 8.87. The van der Waals surface area contributed by atoms with Gasteiger partial charge in [0.2, 0.25) is 0 Å². The third-order valence-electron chi connectivity index (χ3n) is 4.76. The molecule has 2 unspecified atom stereocenters. The average Bonchev–Trinajstić information content (AvgIpc) is 2.88. The third-order valence-corrected chi connectivity index (χ3v) is 6.86. The van der Waals surface area contributed by atoms with Crippen molar-refractivity contribution in [3.8, 4) is 5.75 Å². The first-order valence-electron chi connectivity index (χ1n) is 9.39. The molecule has 0 aromatic heterocycles. The van der Waals surface area contributed by atoms with Crippen molar-refractivity contribution in [2.75, 3.05) is 6.61 Å². The highest BCUT2D eigenvalue weighted by Gasteiger charge is 2.40. The fourth-order valence-corrected chi connectivity index (χ4v) is 4.84. The summed E-state index contributed by atoms with van der Waals surface area (Å²) in [7, 11) is 0. The summed E-state index contributed by atoms with van der Waals surface area (Å²) < 4.78 is 11.1. The van der Waals surface area contributed by atoms with E-state index < -0.39 is 0 Å². The highest BCUT2D eigenvalue weighted by atomic mass is 79.9. The molecule has 1 fully saturated rings. The first-order chi connectivity index (χ1) is 12.9. The quantitative estimate of drug-likeness (QED) is 0.230. The zero-order valence-electron chi connectivity index (χ0n) is 15.8. The van der Waals surface area contributed by atoms with Crippen molar-refractivity contribution < 1.29 is 14.3 Å². The van der Waals surface area contributed by atoms with Gasteiger partial charge in [-0.15, -0.1) is 11.6 Å². The van der Waals surface area contributed by atoms with Crippen molar-refractivity contribution >= 4 is 45.1 Å². The van der Waals surface area contributed by atoms with E-state index in [2.05, 4.69) is 35.0 Å². The molecule has 0 amide bonds. The van der Waals surface area contributed by atoms with Gasteiger partial charge < -0.3 is 9.47 Å². The Balaban J connectivity index is 1.99. The van der Waals surface area contributed by atoms with Crippen molar-refractivity contribution in [1.29, 1.82) is 0 Å². The van der Waals surface area contributed by atoms with Gasteiger partial charge in [-0.2, -0.15) is 0 Å². The first-order valence-corrected chi connectivity index (χ1v) is 11.1. The van der Waals surface area contributed by atoms with Gasteiger partial charge in [0.15, 0.2) is 0 Å². The van der Waals surface area contributed by atoms with E-state index in [0.717, 1.165) is 31.2 Å². The maximum absolute atomic E-state index is 11.0. The van der Waals surface area contributed by atoms with Crippen molar-refractivity contribution in [2.45, 2.75) is 56.3 Å². The Hall–Kier alpha value is -0.710. The number of hydrogen-bond donors (Lipinski definition) is 0. The van der Waals surface area contributed by atoms with E-state index in [1.807, 2.05) is 6.07 Å². The smallest absolute Gasteiger partial charge is 0.302 e. The first kappa shape index (κ1) is 22.6. The van der Waals surface area contributed by atoms with Crippen LogP contribution in [0.3, 0.4) is 0 Å². The van der Waals surface area contributed by atoms with Crippen LogP contribution in [0.2, 0.25) is 5.02 Å². The monoisotopic (exact) mass is 476 g/mol. The van der Waals surface area contributed by atoms with E-state index in [9.17, 15) is 4.79 Å². The summed E-state index contributed by atoms with van der Waals surface area (Å²) in [5.74, 6) is 1.10. The van der Waals surface area contributed by atoms with Gasteiger partial charge >= 0.3 is 5.97 Å². The van der Waals surface area contributed by atoms with E-state index in [0.29, 0.717) is 28.1 Å². The minimum absolute atomic E-state index is 0.0364. The highest BCUT2D eigenvalue weighted by molar-refractivity contribution is 9.09. The molecule has 1 aliphatic carbocycles. The predicted molar refractivity (Wildman–Crippen MR) is 115 cm³/mol. The molecule has 6 heteroatoms. The van der Waals surface area contributed by atoms with Gasteiger partial charge in [-0.3, -0.25) is 4.79 Å². The van der Waals surface area contributed by atoms with Gasteiger partial charge in [0.1, 0.15) is 12.4 Å². The minimum atomic E-state index is -0.323. The normalized spacial score (nSPS) is 25.1. The van der Waals surface area contributed by atoms with Crippen molar-refractivity contribution in [2.24, 2.45) is 11.8 Å². The number of esters is 1. The number of rotatable bonds is 9. The molecule has 3 nitrogen and oxygen atoms in total. The van der Waals surface area contributed by atoms with Crippen LogP contribution in [0, 0.1) is 11.8 Å². The van der Waals surface area contributed by atoms with Gasteiger partial charge in [0.05, 0.1) is 12.0 Å². The number of carbonyl (C=O) groups excluding carboxylic acids is 1. The summed E-state index contributed by atoms with van der Waals surface area (Å²) in [6, 6.07) is 5.40. The Morgan fingerprint density at radius 2 is 2.11 bits per heavy atom. The molecule has 0 spiro atoms. The van der Waals surface area contributed by atoms with Crippen molar-refractivity contribution in [1.82, 2.24) is 0 Å². The summed E-state index contributed by atoms with van der Waals surface area (Å²) in [5.41, 5.74) is 0.805. The molecule has 0 N–H and O–H groups in total. The van der Waals surface area contributed by atoms with E-state index in [-0.39, 0.29) is 23.9 Å². The summed E-state index contributed by atoms with van der Waals surface area (Å²) in [6.45, 7) is 4.28. The maximum atomic E-state index is 11.0. The second-order valence-electron chi connectivity index (χ2n) is 7.00. The lowest BCUT2D eigenvalue weighted by molar-refractivity contribution is -0.142. The summed E-state index contributed by atoms with van der Waals surface area (Å²) in [4.78, 5) is 11.3. The summed E-state index contributed by atoms with van der Waals surface area (Å²) >= 11 is 16.5. The molecule has 4 atom stereocenters. The molecule has 0 saturated heterocycles. The predicted octanol–water partition coefficient (Wildman–Crippen LogP) is 6.54. The highest BCUT2D eigenvalue weighted by Crippen LogP contribution is 2.42. The van der Waals surface area contributed by atoms with Crippen LogP contribution >= 0.6 is 39.1 Å². The Morgan fingerprint density at radius 3 is 2.81 bits per heavy atom. The van der Waals surface area contributed by atoms with Gasteiger partial charge in [-0.05, 0) is 48.9 Å². The van der Waals surface area contributed by atoms with Crippen molar-refractivity contribution in [3.05, 3.63) is 40.9 Å². The number of alkyl halides is 2. The van der Waals surface area contributed by atoms with Crippen LogP contribution < -0.4 is 4.74 Å². The molecule has 1 aromatic rings. The van der Waals surface area contributed by atoms with Gasteiger partial charge in [0, 0.05) is 22.7 Å². The van der Waals surface area contributed by atoms with Gasteiger partial charge in [-0.25, -0.2) is 0 Å². The van der Waals surface area contributed by atoms with Crippen molar-refractivity contribution in [3.63, 3.8) is 0 Å². The Morgan fingerprint density at radius 1 is 1.33 bits per heavy atom. The second kappa shape index (κ2) is 11.3. The molecule has 2 rings (SSSR count). The van der Waals surface area contributed by atoms with E-state index in [1.54, 1.807) is 12.1 Å². The molecule has 1 saturated carbocycles. The fraction of sp³-hybridized carbons (Fsp3) is 0.571. The SMILES string of the molecule is CCC/C=C\C[C@H]1CC(Br)C(Cl)[C@@H]1COc1cc(Cl)cc(COC(C)=O)c1. The van der Waals surface area contributed by atoms with Gasteiger partial charge in [-0.1, -0.05) is 53.0 Å². The molecular weight excluding hydrogens is 451 g/mol. The topological polar surface area (TPSA) is 35.5 Å². The minimum Gasteiger partial charge on any atom is -0.493 e. The zero-order chi connectivity index (χ0) is 19.8. The van der Waals surface area contributed by atoms with Crippen LogP contribution in [0.15, 0.2) is 30.4 Å². The molecule has 1 aromatic carbocycles. The maximum Gasteiger partial charge on any atom is 0.302 e. The van der Waals surface area contributed by atoms with Crippen LogP contribution in [-0.2, 0) is 16.1 Å². The van der Waals surface area contributed by atoms with Crippen LogP contribution in [0.5, 0.6) is 5.75 Å². The van der Waals surface area contributed by atoms with Gasteiger partial charge in [0.25, 0.3) is 0 Å². The Kier molecular flexibility index (Phi) is 9.47. The van der Waals surface area contributed by atoms with Crippen LogP contribution in [-0.4, -0.2) is 22.8 Å². The largest absolute Gasteiger partial charge is 0.493 e. The number of unbranched alkanes of at least 4 members (excludes halogenated alkanes) is 1. The number of benzene rings is 1. The third kappa shape index (κ3) is 7.32. The lowest BCUT2D eigenvalue weighted by Crippen LogP contribution is -2.24. The molecule has 0 heterocycles. The summed E-state index contributed by atoms with van der Waals surface area (Å²) in [5, 5.41) is 0.593. The lowest BCUT2D eigenvalue weighted by atomic mass is 9.93. The zero-order valence-corrected chi connectivity index (χ0v) is 18.9. The Labute approximate surface area is 180 Å². The Bertz CT molecular complexity index is 650. The van der Waals surface area contributed by atoms with Crippen LogP contribution in [0.4, 0.5) is 0 Å². The molecule has 0 radical (unpaired) electrons. The number of carbonyl (C=O) groups is 1. The molecular formula is C21H27BrCl2O3. The van der Waals surface area contributed by atoms with E-state index in [1.165, 1.54) is 6.92 Å². The number of halogens is 3. The molecule has 0 bridgehead atoms. The molecule has 0 aliphatic heterocycles. The van der Waals surface area contributed by atoms with E-state index in [4.69, 9.17) is 32.7 Å². The average molecular weight is 478 g/mol. The lowest BCUT2D eigenvalue weighted by Gasteiger charge is -2.22.